The number of aryl methyl sites for hydroxylation is 1. The molecule has 0 saturated heterocycles. The van der Waals surface area contributed by atoms with Gasteiger partial charge in [-0.05, 0) is 43.7 Å². The zero-order chi connectivity index (χ0) is 20.8. The van der Waals surface area contributed by atoms with Gasteiger partial charge in [-0.2, -0.15) is 0 Å². The molecule has 1 aromatic heterocycles. The number of carbonyl (C=O) groups excluding carboxylic acids is 3. The van der Waals surface area contributed by atoms with Gasteiger partial charge in [-0.25, -0.2) is 4.98 Å². The number of ketones is 1. The van der Waals surface area contributed by atoms with E-state index in [1.54, 1.807) is 36.4 Å². The van der Waals surface area contributed by atoms with Crippen LogP contribution < -0.4 is 10.6 Å². The summed E-state index contributed by atoms with van der Waals surface area (Å²) < 4.78 is 0. The van der Waals surface area contributed by atoms with Crippen LogP contribution >= 0.6 is 0 Å². The van der Waals surface area contributed by atoms with E-state index < -0.39 is 5.91 Å². The summed E-state index contributed by atoms with van der Waals surface area (Å²) in [7, 11) is 0. The van der Waals surface area contributed by atoms with Crippen molar-refractivity contribution in [1.29, 1.82) is 0 Å². The lowest BCUT2D eigenvalue weighted by Crippen LogP contribution is -2.25. The number of hydrogen-bond acceptors (Lipinski definition) is 4. The van der Waals surface area contributed by atoms with Crippen molar-refractivity contribution in [3.8, 4) is 0 Å². The zero-order valence-corrected chi connectivity index (χ0v) is 16.2. The summed E-state index contributed by atoms with van der Waals surface area (Å²) in [5, 5.41) is 5.50. The normalized spacial score (nSPS) is 10.3. The van der Waals surface area contributed by atoms with Crippen LogP contribution in [0.25, 0.3) is 0 Å². The number of nitrogens with one attached hydrogen (secondary N) is 2. The lowest BCUT2D eigenvalue weighted by Gasteiger charge is -2.08. The van der Waals surface area contributed by atoms with Crippen molar-refractivity contribution in [1.82, 2.24) is 10.3 Å². The van der Waals surface area contributed by atoms with Crippen LogP contribution in [-0.4, -0.2) is 22.6 Å². The SMILES string of the molecule is CC(=O)c1cccc(NC(=O)c2cccc(C(=O)NCc3ccc(C)cc3)n2)c1. The third-order valence-corrected chi connectivity index (χ3v) is 4.32. The fourth-order valence-corrected chi connectivity index (χ4v) is 2.68. The zero-order valence-electron chi connectivity index (χ0n) is 16.2. The molecular weight excluding hydrogens is 366 g/mol. The van der Waals surface area contributed by atoms with E-state index in [0.29, 0.717) is 17.8 Å². The number of aromatic nitrogens is 1. The van der Waals surface area contributed by atoms with E-state index in [4.69, 9.17) is 0 Å². The molecule has 0 saturated carbocycles. The molecule has 0 bridgehead atoms. The van der Waals surface area contributed by atoms with E-state index in [2.05, 4.69) is 15.6 Å². The first-order valence-corrected chi connectivity index (χ1v) is 9.15. The third kappa shape index (κ3) is 5.35. The maximum Gasteiger partial charge on any atom is 0.274 e. The fraction of sp³-hybridized carbons (Fsp3) is 0.130. The molecule has 6 nitrogen and oxygen atoms in total. The molecule has 0 fully saturated rings. The molecule has 6 heteroatoms. The molecule has 0 radical (unpaired) electrons. The van der Waals surface area contributed by atoms with E-state index in [0.717, 1.165) is 11.1 Å². The minimum Gasteiger partial charge on any atom is -0.347 e. The summed E-state index contributed by atoms with van der Waals surface area (Å²) in [4.78, 5) is 40.5. The molecule has 29 heavy (non-hydrogen) atoms. The van der Waals surface area contributed by atoms with Crippen molar-refractivity contribution < 1.29 is 14.4 Å². The molecule has 1 heterocycles. The number of rotatable bonds is 6. The quantitative estimate of drug-likeness (QED) is 0.630. The number of carbonyl (C=O) groups is 3. The van der Waals surface area contributed by atoms with Crippen LogP contribution in [0.15, 0.2) is 66.7 Å². The Morgan fingerprint density at radius 2 is 1.52 bits per heavy atom. The predicted octanol–water partition coefficient (Wildman–Crippen LogP) is 3.77. The topological polar surface area (TPSA) is 88.2 Å². The molecule has 3 rings (SSSR count). The summed E-state index contributed by atoms with van der Waals surface area (Å²) in [5.41, 5.74) is 3.37. The van der Waals surface area contributed by atoms with E-state index >= 15 is 0 Å². The lowest BCUT2D eigenvalue weighted by atomic mass is 10.1. The highest BCUT2D eigenvalue weighted by molar-refractivity contribution is 6.04. The number of nitrogens with zero attached hydrogens (tertiary/aromatic N) is 1. The second-order valence-corrected chi connectivity index (χ2v) is 6.67. The maximum atomic E-state index is 12.5. The number of anilines is 1. The first-order valence-electron chi connectivity index (χ1n) is 9.15. The van der Waals surface area contributed by atoms with Crippen molar-refractivity contribution in [3.63, 3.8) is 0 Å². The Kier molecular flexibility index (Phi) is 6.14. The van der Waals surface area contributed by atoms with Crippen LogP contribution in [0.1, 0.15) is 49.4 Å². The Morgan fingerprint density at radius 1 is 0.862 bits per heavy atom. The Balaban J connectivity index is 1.67. The highest BCUT2D eigenvalue weighted by Crippen LogP contribution is 2.13. The number of amides is 2. The molecule has 0 aliphatic heterocycles. The van der Waals surface area contributed by atoms with Crippen LogP contribution in [0.2, 0.25) is 0 Å². The first-order chi connectivity index (χ1) is 13.9. The second kappa shape index (κ2) is 8.93. The van der Waals surface area contributed by atoms with E-state index in [-0.39, 0.29) is 23.1 Å². The van der Waals surface area contributed by atoms with Gasteiger partial charge in [0.1, 0.15) is 11.4 Å². The molecule has 0 unspecified atom stereocenters. The number of benzene rings is 2. The van der Waals surface area contributed by atoms with Gasteiger partial charge < -0.3 is 10.6 Å². The van der Waals surface area contributed by atoms with Crippen molar-refractivity contribution in [3.05, 3.63) is 94.8 Å². The van der Waals surface area contributed by atoms with Crippen molar-refractivity contribution in [2.45, 2.75) is 20.4 Å². The molecular formula is C23H21N3O3. The molecule has 3 aromatic rings. The van der Waals surface area contributed by atoms with Crippen molar-refractivity contribution >= 4 is 23.3 Å². The van der Waals surface area contributed by atoms with Gasteiger partial charge in [0, 0.05) is 17.8 Å². The van der Waals surface area contributed by atoms with E-state index in [1.807, 2.05) is 31.2 Å². The van der Waals surface area contributed by atoms with Gasteiger partial charge in [0.15, 0.2) is 5.78 Å². The van der Waals surface area contributed by atoms with Crippen molar-refractivity contribution in [2.75, 3.05) is 5.32 Å². The first kappa shape index (κ1) is 19.9. The largest absolute Gasteiger partial charge is 0.347 e. The maximum absolute atomic E-state index is 12.5. The molecule has 0 aliphatic rings. The Hall–Kier alpha value is -3.80. The molecule has 0 spiro atoms. The van der Waals surface area contributed by atoms with E-state index in [9.17, 15) is 14.4 Å². The minimum atomic E-state index is -0.459. The van der Waals surface area contributed by atoms with Gasteiger partial charge >= 0.3 is 0 Å². The van der Waals surface area contributed by atoms with Crippen LogP contribution in [0.5, 0.6) is 0 Å². The van der Waals surface area contributed by atoms with Crippen LogP contribution in [-0.2, 0) is 6.54 Å². The van der Waals surface area contributed by atoms with Crippen LogP contribution in [0.4, 0.5) is 5.69 Å². The lowest BCUT2D eigenvalue weighted by molar-refractivity contribution is 0.0944. The number of Topliss-reactive ketones (excluding diaryl/α,β-unsaturated/α-hetero) is 1. The minimum absolute atomic E-state index is 0.0912. The van der Waals surface area contributed by atoms with Gasteiger partial charge in [-0.1, -0.05) is 48.0 Å². The van der Waals surface area contributed by atoms with Gasteiger partial charge in [0.05, 0.1) is 0 Å². The summed E-state index contributed by atoms with van der Waals surface area (Å²) in [6.45, 7) is 3.83. The monoisotopic (exact) mass is 387 g/mol. The molecule has 2 aromatic carbocycles. The summed E-state index contributed by atoms with van der Waals surface area (Å²) in [6, 6.07) is 19.2. The average Bonchev–Trinajstić information content (AvgIpc) is 2.73. The molecule has 0 aliphatic carbocycles. The Labute approximate surface area is 169 Å². The number of hydrogen-bond donors (Lipinski definition) is 2. The van der Waals surface area contributed by atoms with E-state index in [1.165, 1.54) is 13.0 Å². The highest BCUT2D eigenvalue weighted by atomic mass is 16.2. The van der Waals surface area contributed by atoms with Crippen LogP contribution in [0.3, 0.4) is 0 Å². The Morgan fingerprint density at radius 3 is 2.21 bits per heavy atom. The summed E-state index contributed by atoms with van der Waals surface area (Å²) in [5.74, 6) is -0.913. The van der Waals surface area contributed by atoms with Crippen molar-refractivity contribution in [2.24, 2.45) is 0 Å². The third-order valence-electron chi connectivity index (χ3n) is 4.32. The smallest absolute Gasteiger partial charge is 0.274 e. The van der Waals surface area contributed by atoms with Gasteiger partial charge in [0.25, 0.3) is 11.8 Å². The summed E-state index contributed by atoms with van der Waals surface area (Å²) in [6.07, 6.45) is 0. The molecule has 2 amide bonds. The predicted molar refractivity (Wildman–Crippen MR) is 111 cm³/mol. The second-order valence-electron chi connectivity index (χ2n) is 6.67. The fourth-order valence-electron chi connectivity index (χ4n) is 2.68. The van der Waals surface area contributed by atoms with Gasteiger partial charge in [-0.3, -0.25) is 14.4 Å². The summed E-state index contributed by atoms with van der Waals surface area (Å²) >= 11 is 0. The van der Waals surface area contributed by atoms with Crippen LogP contribution in [0, 0.1) is 6.92 Å². The Bertz CT molecular complexity index is 1060. The molecule has 2 N–H and O–H groups in total. The average molecular weight is 387 g/mol. The van der Waals surface area contributed by atoms with Gasteiger partial charge in [0.2, 0.25) is 0 Å². The number of pyridine rings is 1. The standard InChI is InChI=1S/C23H21N3O3/c1-15-9-11-17(12-10-15)14-24-22(28)20-7-4-8-21(26-20)23(29)25-19-6-3-5-18(13-19)16(2)27/h3-13H,14H2,1-2H3,(H,24,28)(H,25,29). The molecule has 0 atom stereocenters. The molecule has 146 valence electrons. The highest BCUT2D eigenvalue weighted by Gasteiger charge is 2.13. The van der Waals surface area contributed by atoms with Gasteiger partial charge in [-0.15, -0.1) is 0 Å².